The molecule has 1 aromatic carbocycles. The van der Waals surface area contributed by atoms with E-state index in [4.69, 9.17) is 9.26 Å². The second-order valence-corrected chi connectivity index (χ2v) is 5.53. The number of rotatable bonds is 6. The van der Waals surface area contributed by atoms with Gasteiger partial charge in [-0.2, -0.15) is 4.98 Å². The minimum Gasteiger partial charge on any atom is -0.497 e. The molecule has 0 aliphatic heterocycles. The van der Waals surface area contributed by atoms with Gasteiger partial charge in [-0.15, -0.1) is 0 Å². The Bertz CT molecular complexity index is 960. The van der Waals surface area contributed by atoms with E-state index < -0.39 is 0 Å². The zero-order valence-electron chi connectivity index (χ0n) is 14.4. The fourth-order valence-electron chi connectivity index (χ4n) is 2.33. The zero-order valence-corrected chi connectivity index (χ0v) is 14.4. The Morgan fingerprint density at radius 2 is 2.00 bits per heavy atom. The van der Waals surface area contributed by atoms with Gasteiger partial charge in [0.25, 0.3) is 11.4 Å². The summed E-state index contributed by atoms with van der Waals surface area (Å²) in [7, 11) is 1.57. The number of aromatic nitrogens is 3. The molecule has 0 fully saturated rings. The van der Waals surface area contributed by atoms with Gasteiger partial charge in [0.05, 0.1) is 12.7 Å². The van der Waals surface area contributed by atoms with E-state index in [1.165, 1.54) is 16.8 Å². The molecule has 26 heavy (non-hydrogen) atoms. The van der Waals surface area contributed by atoms with Gasteiger partial charge in [0, 0.05) is 24.4 Å². The van der Waals surface area contributed by atoms with Crippen molar-refractivity contribution < 1.29 is 14.1 Å². The quantitative estimate of drug-likeness (QED) is 0.728. The lowest BCUT2D eigenvalue weighted by atomic mass is 10.2. The maximum Gasteiger partial charge on any atom is 0.259 e. The largest absolute Gasteiger partial charge is 0.497 e. The highest BCUT2D eigenvalue weighted by Gasteiger charge is 2.11. The number of anilines is 1. The summed E-state index contributed by atoms with van der Waals surface area (Å²) < 4.78 is 11.5. The minimum atomic E-state index is -0.325. The standard InChI is InChI=1S/C18H18N4O4/c1-3-15-20-18(26-21-15)12-4-9-17(24)22(10-12)11-16(23)19-13-5-7-14(25-2)8-6-13/h4-10H,3,11H2,1-2H3,(H,19,23). The van der Waals surface area contributed by atoms with Crippen molar-refractivity contribution >= 4 is 11.6 Å². The van der Waals surface area contributed by atoms with Crippen LogP contribution in [0.15, 0.2) is 51.9 Å². The number of amides is 1. The van der Waals surface area contributed by atoms with Crippen LogP contribution in [0.1, 0.15) is 12.7 Å². The number of aryl methyl sites for hydroxylation is 1. The third-order valence-corrected chi connectivity index (χ3v) is 3.70. The van der Waals surface area contributed by atoms with Crippen molar-refractivity contribution in [1.29, 1.82) is 0 Å². The Morgan fingerprint density at radius 3 is 2.65 bits per heavy atom. The molecule has 1 N–H and O–H groups in total. The van der Waals surface area contributed by atoms with E-state index in [0.29, 0.717) is 35.1 Å². The average Bonchev–Trinajstić information content (AvgIpc) is 3.13. The van der Waals surface area contributed by atoms with Crippen molar-refractivity contribution in [2.45, 2.75) is 19.9 Å². The fourth-order valence-corrected chi connectivity index (χ4v) is 2.33. The van der Waals surface area contributed by atoms with Crippen molar-refractivity contribution in [3.63, 3.8) is 0 Å². The second-order valence-electron chi connectivity index (χ2n) is 5.53. The summed E-state index contributed by atoms with van der Waals surface area (Å²) in [5, 5.41) is 6.57. The summed E-state index contributed by atoms with van der Waals surface area (Å²) >= 11 is 0. The van der Waals surface area contributed by atoms with Gasteiger partial charge in [-0.1, -0.05) is 12.1 Å². The van der Waals surface area contributed by atoms with E-state index in [1.54, 1.807) is 37.4 Å². The molecule has 1 amide bonds. The first-order valence-electron chi connectivity index (χ1n) is 8.06. The number of hydrogen-bond donors (Lipinski definition) is 1. The molecule has 0 saturated heterocycles. The zero-order chi connectivity index (χ0) is 18.5. The number of carbonyl (C=O) groups is 1. The normalized spacial score (nSPS) is 10.5. The number of carbonyl (C=O) groups excluding carboxylic acids is 1. The molecule has 134 valence electrons. The molecule has 0 aliphatic rings. The smallest absolute Gasteiger partial charge is 0.259 e. The van der Waals surface area contributed by atoms with Crippen LogP contribution in [0.4, 0.5) is 5.69 Å². The van der Waals surface area contributed by atoms with Crippen LogP contribution in [-0.2, 0) is 17.8 Å². The van der Waals surface area contributed by atoms with Crippen LogP contribution in [0, 0.1) is 0 Å². The molecule has 3 aromatic rings. The summed E-state index contributed by atoms with van der Waals surface area (Å²) in [5.41, 5.74) is 0.896. The highest BCUT2D eigenvalue weighted by Crippen LogP contribution is 2.16. The van der Waals surface area contributed by atoms with Gasteiger partial charge in [-0.25, -0.2) is 0 Å². The van der Waals surface area contributed by atoms with Gasteiger partial charge in [0.1, 0.15) is 12.3 Å². The third kappa shape index (κ3) is 3.97. The summed E-state index contributed by atoms with van der Waals surface area (Å²) in [6, 6.07) is 9.88. The molecule has 8 heteroatoms. The molecule has 3 rings (SSSR count). The van der Waals surface area contributed by atoms with Crippen LogP contribution < -0.4 is 15.6 Å². The highest BCUT2D eigenvalue weighted by molar-refractivity contribution is 5.90. The summed E-state index contributed by atoms with van der Waals surface area (Å²) in [5.74, 6) is 1.26. The SMILES string of the molecule is CCc1noc(-c2ccc(=O)n(CC(=O)Nc3ccc(OC)cc3)c2)n1. The van der Waals surface area contributed by atoms with Gasteiger partial charge in [0.2, 0.25) is 5.91 Å². The first-order chi connectivity index (χ1) is 12.6. The molecule has 0 radical (unpaired) electrons. The molecule has 8 nitrogen and oxygen atoms in total. The lowest BCUT2D eigenvalue weighted by molar-refractivity contribution is -0.116. The van der Waals surface area contributed by atoms with Gasteiger partial charge < -0.3 is 19.1 Å². The monoisotopic (exact) mass is 354 g/mol. The van der Waals surface area contributed by atoms with Crippen LogP contribution in [-0.4, -0.2) is 27.7 Å². The lowest BCUT2D eigenvalue weighted by Crippen LogP contribution is -2.26. The minimum absolute atomic E-state index is 0.131. The number of ether oxygens (including phenoxy) is 1. The molecule has 0 bridgehead atoms. The predicted octanol–water partition coefficient (Wildman–Crippen LogP) is 2.11. The van der Waals surface area contributed by atoms with Crippen LogP contribution in [0.2, 0.25) is 0 Å². The summed E-state index contributed by atoms with van der Waals surface area (Å²) in [6.45, 7) is 1.78. The number of nitrogens with one attached hydrogen (secondary N) is 1. The molecule has 0 unspecified atom stereocenters. The molecule has 0 saturated carbocycles. The number of pyridine rings is 1. The lowest BCUT2D eigenvalue weighted by Gasteiger charge is -2.08. The molecule has 2 aromatic heterocycles. The van der Waals surface area contributed by atoms with Crippen LogP contribution in [0.3, 0.4) is 0 Å². The van der Waals surface area contributed by atoms with Crippen LogP contribution in [0.25, 0.3) is 11.5 Å². The second kappa shape index (κ2) is 7.64. The summed E-state index contributed by atoms with van der Waals surface area (Å²) in [4.78, 5) is 28.5. The highest BCUT2D eigenvalue weighted by atomic mass is 16.5. The molecular weight excluding hydrogens is 336 g/mol. The van der Waals surface area contributed by atoms with E-state index in [1.807, 2.05) is 6.92 Å². The Hall–Kier alpha value is -3.42. The third-order valence-electron chi connectivity index (χ3n) is 3.70. The van der Waals surface area contributed by atoms with Crippen molar-refractivity contribution in [3.05, 3.63) is 58.8 Å². The van der Waals surface area contributed by atoms with E-state index in [9.17, 15) is 9.59 Å². The van der Waals surface area contributed by atoms with Crippen molar-refractivity contribution in [3.8, 4) is 17.2 Å². The average molecular weight is 354 g/mol. The molecular formula is C18H18N4O4. The van der Waals surface area contributed by atoms with Gasteiger partial charge in [-0.3, -0.25) is 9.59 Å². The number of methoxy groups -OCH3 is 1. The maximum atomic E-state index is 12.2. The topological polar surface area (TPSA) is 99.2 Å². The Labute approximate surface area is 149 Å². The molecule has 0 spiro atoms. The van der Waals surface area contributed by atoms with Crippen LogP contribution in [0.5, 0.6) is 5.75 Å². The van der Waals surface area contributed by atoms with Crippen molar-refractivity contribution in [1.82, 2.24) is 14.7 Å². The van der Waals surface area contributed by atoms with Gasteiger partial charge in [-0.05, 0) is 30.3 Å². The number of hydrogen-bond acceptors (Lipinski definition) is 6. The van der Waals surface area contributed by atoms with Crippen molar-refractivity contribution in [2.24, 2.45) is 0 Å². The van der Waals surface area contributed by atoms with Gasteiger partial charge in [0.15, 0.2) is 5.82 Å². The Balaban J connectivity index is 1.74. The first kappa shape index (κ1) is 17.4. The maximum absolute atomic E-state index is 12.2. The fraction of sp³-hybridized carbons (Fsp3) is 0.222. The Morgan fingerprint density at radius 1 is 1.23 bits per heavy atom. The van der Waals surface area contributed by atoms with E-state index in [0.717, 1.165) is 0 Å². The van der Waals surface area contributed by atoms with Crippen molar-refractivity contribution in [2.75, 3.05) is 12.4 Å². The Kier molecular flexibility index (Phi) is 5.12. The van der Waals surface area contributed by atoms with Crippen LogP contribution >= 0.6 is 0 Å². The summed E-state index contributed by atoms with van der Waals surface area (Å²) in [6.07, 6.45) is 2.18. The van der Waals surface area contributed by atoms with E-state index in [2.05, 4.69) is 15.5 Å². The van der Waals surface area contributed by atoms with E-state index >= 15 is 0 Å². The molecule has 2 heterocycles. The van der Waals surface area contributed by atoms with E-state index in [-0.39, 0.29) is 18.0 Å². The predicted molar refractivity (Wildman–Crippen MR) is 95.0 cm³/mol. The van der Waals surface area contributed by atoms with Gasteiger partial charge >= 0.3 is 0 Å². The first-order valence-corrected chi connectivity index (χ1v) is 8.06. The number of nitrogens with zero attached hydrogens (tertiary/aromatic N) is 3. The number of benzene rings is 1. The molecule has 0 atom stereocenters. The molecule has 0 aliphatic carbocycles.